The summed E-state index contributed by atoms with van der Waals surface area (Å²) < 4.78 is 5.23. The minimum absolute atomic E-state index is 0.0421. The lowest BCUT2D eigenvalue weighted by molar-refractivity contribution is 0.0865. The molecule has 0 spiro atoms. The first-order chi connectivity index (χ1) is 10.8. The van der Waals surface area contributed by atoms with Crippen molar-refractivity contribution in [3.05, 3.63) is 23.7 Å². The van der Waals surface area contributed by atoms with Crippen LogP contribution in [0.2, 0.25) is 0 Å². The second-order valence-corrected chi connectivity index (χ2v) is 6.58. The van der Waals surface area contributed by atoms with E-state index in [4.69, 9.17) is 10.2 Å². The molecule has 2 heterocycles. The number of furan rings is 1. The Kier molecular flexibility index (Phi) is 5.16. The molecule has 5 nitrogen and oxygen atoms in total. The van der Waals surface area contributed by atoms with Crippen molar-refractivity contribution in [2.45, 2.75) is 63.6 Å². The first-order valence-corrected chi connectivity index (χ1v) is 8.58. The molecule has 0 bridgehead atoms. The van der Waals surface area contributed by atoms with Crippen LogP contribution >= 0.6 is 0 Å². The van der Waals surface area contributed by atoms with Crippen molar-refractivity contribution in [3.63, 3.8) is 0 Å². The molecule has 1 saturated heterocycles. The zero-order valence-electron chi connectivity index (χ0n) is 13.2. The fraction of sp³-hybridized carbons (Fsp3) is 0.706. The van der Waals surface area contributed by atoms with Gasteiger partial charge in [0.2, 0.25) is 0 Å². The first-order valence-electron chi connectivity index (χ1n) is 8.58. The van der Waals surface area contributed by atoms with Gasteiger partial charge in [-0.05, 0) is 31.7 Å². The number of carbonyl (C=O) groups excluding carboxylic acids is 1. The van der Waals surface area contributed by atoms with Crippen LogP contribution in [0.25, 0.3) is 0 Å². The monoisotopic (exact) mass is 305 g/mol. The third-order valence-corrected chi connectivity index (χ3v) is 5.07. The summed E-state index contributed by atoms with van der Waals surface area (Å²) in [5.74, 6) is 0.608. The second-order valence-electron chi connectivity index (χ2n) is 6.58. The maximum absolute atomic E-state index is 12.2. The van der Waals surface area contributed by atoms with E-state index in [1.165, 1.54) is 38.4 Å². The fourth-order valence-corrected chi connectivity index (χ4v) is 3.73. The van der Waals surface area contributed by atoms with Crippen LogP contribution in [-0.2, 0) is 6.54 Å². The molecule has 0 unspecified atom stereocenters. The molecule has 1 aromatic rings. The van der Waals surface area contributed by atoms with Crippen molar-refractivity contribution in [1.29, 1.82) is 0 Å². The quantitative estimate of drug-likeness (QED) is 0.895. The van der Waals surface area contributed by atoms with Gasteiger partial charge in [0, 0.05) is 25.2 Å². The average Bonchev–Trinajstić information content (AvgIpc) is 3.06. The highest BCUT2D eigenvalue weighted by atomic mass is 16.3. The van der Waals surface area contributed by atoms with E-state index in [-0.39, 0.29) is 11.9 Å². The van der Waals surface area contributed by atoms with Gasteiger partial charge in [-0.1, -0.05) is 19.3 Å². The minimum Gasteiger partial charge on any atom is -0.467 e. The van der Waals surface area contributed by atoms with E-state index >= 15 is 0 Å². The highest BCUT2D eigenvalue weighted by Crippen LogP contribution is 2.25. The van der Waals surface area contributed by atoms with E-state index in [2.05, 4.69) is 10.2 Å². The van der Waals surface area contributed by atoms with Gasteiger partial charge in [0.05, 0.1) is 12.1 Å². The molecule has 1 amide bonds. The number of nitrogens with one attached hydrogen (secondary N) is 1. The normalized spacial score (nSPS) is 21.9. The molecule has 2 aliphatic rings. The Hall–Kier alpha value is -1.33. The molecule has 2 fully saturated rings. The van der Waals surface area contributed by atoms with E-state index in [1.54, 1.807) is 6.07 Å². The maximum atomic E-state index is 12.2. The molecule has 0 atom stereocenters. The molecule has 5 heteroatoms. The zero-order valence-corrected chi connectivity index (χ0v) is 13.2. The van der Waals surface area contributed by atoms with Gasteiger partial charge in [0.15, 0.2) is 0 Å². The molecule has 122 valence electrons. The predicted molar refractivity (Wildman–Crippen MR) is 85.5 cm³/mol. The average molecular weight is 305 g/mol. The first kappa shape index (κ1) is 15.6. The summed E-state index contributed by atoms with van der Waals surface area (Å²) in [4.78, 5) is 14.8. The lowest BCUT2D eigenvalue weighted by Crippen LogP contribution is -2.48. The standard InChI is InChI=1S/C17H27N3O2/c18-11-16-10-13(12-22-16)17(21)19-14-6-8-20(9-7-14)15-4-2-1-3-5-15/h10,12,14-15H,1-9,11,18H2,(H,19,21). The molecule has 22 heavy (non-hydrogen) atoms. The highest BCUT2D eigenvalue weighted by molar-refractivity contribution is 5.94. The van der Waals surface area contributed by atoms with Crippen molar-refractivity contribution < 1.29 is 9.21 Å². The Bertz CT molecular complexity index is 486. The van der Waals surface area contributed by atoms with Crippen molar-refractivity contribution in [2.75, 3.05) is 13.1 Å². The molecule has 3 rings (SSSR count). The second kappa shape index (κ2) is 7.29. The summed E-state index contributed by atoms with van der Waals surface area (Å²) in [6, 6.07) is 2.79. The number of amides is 1. The van der Waals surface area contributed by atoms with Gasteiger partial charge >= 0.3 is 0 Å². The van der Waals surface area contributed by atoms with Crippen LogP contribution in [0.1, 0.15) is 61.1 Å². The Labute approximate surface area is 132 Å². The number of hydrogen-bond donors (Lipinski definition) is 2. The SMILES string of the molecule is NCc1cc(C(=O)NC2CCN(C3CCCCC3)CC2)co1. The minimum atomic E-state index is -0.0421. The topological polar surface area (TPSA) is 71.5 Å². The molecule has 3 N–H and O–H groups in total. The molecule has 1 aliphatic carbocycles. The number of nitrogens with two attached hydrogens (primary N) is 1. The van der Waals surface area contributed by atoms with Gasteiger partial charge in [-0.3, -0.25) is 4.79 Å². The largest absolute Gasteiger partial charge is 0.467 e. The van der Waals surface area contributed by atoms with Crippen LogP contribution in [0, 0.1) is 0 Å². The summed E-state index contributed by atoms with van der Waals surface area (Å²) in [5.41, 5.74) is 6.08. The number of piperidine rings is 1. The van der Waals surface area contributed by atoms with Crippen LogP contribution < -0.4 is 11.1 Å². The van der Waals surface area contributed by atoms with Crippen molar-refractivity contribution in [3.8, 4) is 0 Å². The Balaban J connectivity index is 1.46. The number of hydrogen-bond acceptors (Lipinski definition) is 4. The van der Waals surface area contributed by atoms with Crippen molar-refractivity contribution in [1.82, 2.24) is 10.2 Å². The van der Waals surface area contributed by atoms with Gasteiger partial charge < -0.3 is 20.4 Å². The smallest absolute Gasteiger partial charge is 0.254 e. The summed E-state index contributed by atoms with van der Waals surface area (Å²) in [7, 11) is 0. The molecule has 1 aliphatic heterocycles. The van der Waals surface area contributed by atoms with E-state index < -0.39 is 0 Å². The lowest BCUT2D eigenvalue weighted by atomic mass is 9.92. The summed E-state index contributed by atoms with van der Waals surface area (Å²) in [6.07, 6.45) is 10.5. The zero-order chi connectivity index (χ0) is 15.4. The van der Waals surface area contributed by atoms with Gasteiger partial charge in [-0.2, -0.15) is 0 Å². The number of rotatable bonds is 4. The summed E-state index contributed by atoms with van der Waals surface area (Å²) >= 11 is 0. The molecule has 0 radical (unpaired) electrons. The summed E-state index contributed by atoms with van der Waals surface area (Å²) in [6.45, 7) is 2.54. The third-order valence-electron chi connectivity index (χ3n) is 5.07. The molecule has 1 saturated carbocycles. The fourth-order valence-electron chi connectivity index (χ4n) is 3.73. The van der Waals surface area contributed by atoms with E-state index in [1.807, 2.05) is 0 Å². The Morgan fingerprint density at radius 1 is 1.23 bits per heavy atom. The molecule has 1 aromatic heterocycles. The summed E-state index contributed by atoms with van der Waals surface area (Å²) in [5, 5.41) is 3.13. The lowest BCUT2D eigenvalue weighted by Gasteiger charge is -2.39. The van der Waals surface area contributed by atoms with Crippen LogP contribution in [0.15, 0.2) is 16.7 Å². The maximum Gasteiger partial charge on any atom is 0.254 e. The Morgan fingerprint density at radius 3 is 2.59 bits per heavy atom. The van der Waals surface area contributed by atoms with Gasteiger partial charge in [-0.15, -0.1) is 0 Å². The van der Waals surface area contributed by atoms with Gasteiger partial charge in [0.25, 0.3) is 5.91 Å². The highest BCUT2D eigenvalue weighted by Gasteiger charge is 2.27. The van der Waals surface area contributed by atoms with E-state index in [0.29, 0.717) is 17.9 Å². The van der Waals surface area contributed by atoms with Crippen LogP contribution in [-0.4, -0.2) is 36.0 Å². The van der Waals surface area contributed by atoms with Gasteiger partial charge in [0.1, 0.15) is 12.0 Å². The van der Waals surface area contributed by atoms with Gasteiger partial charge in [-0.25, -0.2) is 0 Å². The van der Waals surface area contributed by atoms with E-state index in [9.17, 15) is 4.79 Å². The predicted octanol–water partition coefficient (Wildman–Crippen LogP) is 2.27. The van der Waals surface area contributed by atoms with Crippen LogP contribution in [0.4, 0.5) is 0 Å². The third kappa shape index (κ3) is 3.70. The molecule has 0 aromatic carbocycles. The number of carbonyl (C=O) groups is 1. The molecular weight excluding hydrogens is 278 g/mol. The Morgan fingerprint density at radius 2 is 1.95 bits per heavy atom. The molecular formula is C17H27N3O2. The van der Waals surface area contributed by atoms with Crippen LogP contribution in [0.3, 0.4) is 0 Å². The van der Waals surface area contributed by atoms with Crippen molar-refractivity contribution in [2.24, 2.45) is 5.73 Å². The van der Waals surface area contributed by atoms with Crippen molar-refractivity contribution >= 4 is 5.91 Å². The van der Waals surface area contributed by atoms with Crippen LogP contribution in [0.5, 0.6) is 0 Å². The number of nitrogens with zero attached hydrogens (tertiary/aromatic N) is 1. The van der Waals surface area contributed by atoms with E-state index in [0.717, 1.165) is 32.0 Å². The number of likely N-dealkylation sites (tertiary alicyclic amines) is 1.